The van der Waals surface area contributed by atoms with Gasteiger partial charge in [-0.05, 0) is 6.92 Å². The van der Waals surface area contributed by atoms with Gasteiger partial charge in [0, 0.05) is 55.9 Å². The molecule has 4 rings (SSSR count). The van der Waals surface area contributed by atoms with E-state index in [4.69, 9.17) is 15.3 Å². The normalized spacial score (nSPS) is 9.33. The Hall–Kier alpha value is -3.54. The van der Waals surface area contributed by atoms with Crippen LogP contribution < -0.4 is 0 Å². The van der Waals surface area contributed by atoms with Crippen molar-refractivity contribution in [3.05, 3.63) is 79.5 Å². The molecular weight excluding hydrogens is 388 g/mol. The van der Waals surface area contributed by atoms with Gasteiger partial charge in [-0.15, -0.1) is 0 Å². The van der Waals surface area contributed by atoms with E-state index >= 15 is 0 Å². The van der Waals surface area contributed by atoms with Crippen LogP contribution in [0.15, 0.2) is 56.4 Å². The van der Waals surface area contributed by atoms with Gasteiger partial charge in [0.05, 0.1) is 31.2 Å². The zero-order valence-electron chi connectivity index (χ0n) is 16.8. The Bertz CT molecular complexity index is 837. The molecule has 0 amide bonds. The first-order chi connectivity index (χ1) is 14.6. The summed E-state index contributed by atoms with van der Waals surface area (Å²) in [6.45, 7) is 5.74. The molecule has 0 spiro atoms. The van der Waals surface area contributed by atoms with Gasteiger partial charge in [-0.25, -0.2) is 19.9 Å². The molecule has 6 N–H and O–H groups in total. The predicted molar refractivity (Wildman–Crippen MR) is 112 cm³/mol. The molecule has 162 valence electrons. The van der Waals surface area contributed by atoms with Crippen molar-refractivity contribution < 1.29 is 15.3 Å². The molecule has 30 heavy (non-hydrogen) atoms. The first-order valence-corrected chi connectivity index (χ1v) is 9.01. The summed E-state index contributed by atoms with van der Waals surface area (Å²) in [4.78, 5) is 23.5. The largest absolute Gasteiger partial charge is 0.396 e. The van der Waals surface area contributed by atoms with Crippen molar-refractivity contribution in [2.24, 2.45) is 0 Å². The molecule has 4 aromatic rings. The number of nitrogens with one attached hydrogen (secondary N) is 3. The van der Waals surface area contributed by atoms with Crippen LogP contribution in [0.5, 0.6) is 0 Å². The lowest BCUT2D eigenvalue weighted by Crippen LogP contribution is -1.88. The van der Waals surface area contributed by atoms with Gasteiger partial charge in [-0.3, -0.25) is 0 Å². The molecule has 0 aromatic carbocycles. The Morgan fingerprint density at radius 1 is 0.967 bits per heavy atom. The van der Waals surface area contributed by atoms with Gasteiger partial charge in [0.2, 0.25) is 0 Å². The predicted octanol–water partition coefficient (Wildman–Crippen LogP) is 1.04. The molecule has 0 bridgehead atoms. The highest BCUT2D eigenvalue weighted by atomic mass is 16.3. The molecule has 11 nitrogen and oxygen atoms in total. The zero-order valence-corrected chi connectivity index (χ0v) is 16.8. The Morgan fingerprint density at radius 2 is 1.67 bits per heavy atom. The molecule has 4 heterocycles. The van der Waals surface area contributed by atoms with Crippen molar-refractivity contribution in [3.8, 4) is 0 Å². The number of nitrogens with zero attached hydrogens (tertiary/aromatic N) is 5. The average molecular weight is 416 g/mol. The van der Waals surface area contributed by atoms with Crippen LogP contribution in [0.3, 0.4) is 0 Å². The molecule has 0 unspecified atom stereocenters. The van der Waals surface area contributed by atoms with Gasteiger partial charge in [-0.2, -0.15) is 0 Å². The molecule has 4 aromatic heterocycles. The van der Waals surface area contributed by atoms with Crippen molar-refractivity contribution in [1.29, 1.82) is 0 Å². The van der Waals surface area contributed by atoms with Crippen LogP contribution in [0.1, 0.15) is 23.0 Å². The minimum absolute atomic E-state index is 0.00694. The first kappa shape index (κ1) is 24.5. The number of H-pyrrole nitrogens is 3. The fourth-order valence-electron chi connectivity index (χ4n) is 1.88. The topological polar surface area (TPSA) is 165 Å². The first-order valence-electron chi connectivity index (χ1n) is 9.01. The van der Waals surface area contributed by atoms with Crippen LogP contribution in [-0.4, -0.2) is 61.4 Å². The molecule has 0 saturated carbocycles. The van der Waals surface area contributed by atoms with Crippen LogP contribution in [-0.2, 0) is 19.6 Å². The highest BCUT2D eigenvalue weighted by molar-refractivity contribution is 5.18. The Labute approximate surface area is 174 Å². The number of aromatic nitrogens is 8. The average Bonchev–Trinajstić information content (AvgIpc) is 3.58. The second kappa shape index (κ2) is 15.4. The number of hydrogen-bond donors (Lipinski definition) is 6. The fourth-order valence-corrected chi connectivity index (χ4v) is 1.88. The standard InChI is InChI=1S/C6H8N2.C5H8N2O.2C4H6N2O/c1-3-8-5-4-7-6(8)2;8-2-1-5-3-6-4-7-5;7-2-4-1-5-3-6-4;7-3-4-5-1-2-6-4/h3-5H,1H2,2H3;3-4,8H,1-2H2,(H,6,7);1,3,7H,2H2,(H,5,6);1-2,7H,3H2,(H,5,6). The molecule has 0 radical (unpaired) electrons. The van der Waals surface area contributed by atoms with E-state index in [9.17, 15) is 0 Å². The molecule has 0 aliphatic heterocycles. The molecule has 0 aliphatic rings. The lowest BCUT2D eigenvalue weighted by atomic mass is 10.4. The van der Waals surface area contributed by atoms with E-state index in [1.54, 1.807) is 43.5 Å². The SMILES string of the molecule is C=Cn1ccnc1C.OCCc1cnc[nH]1.OCc1cnc[nH]1.OCc1ncc[nH]1. The van der Waals surface area contributed by atoms with Gasteiger partial charge in [0.1, 0.15) is 18.3 Å². The van der Waals surface area contributed by atoms with Crippen LogP contribution in [0.25, 0.3) is 6.20 Å². The minimum atomic E-state index is -0.00694. The number of aliphatic hydroxyl groups excluding tert-OH is 3. The second-order valence-electron chi connectivity index (χ2n) is 5.54. The number of hydrogen-bond acceptors (Lipinski definition) is 7. The van der Waals surface area contributed by atoms with E-state index in [0.717, 1.165) is 17.2 Å². The molecule has 0 saturated heterocycles. The molecule has 0 aliphatic carbocycles. The van der Waals surface area contributed by atoms with Crippen molar-refractivity contribution in [3.63, 3.8) is 0 Å². The molecule has 0 fully saturated rings. The van der Waals surface area contributed by atoms with Gasteiger partial charge < -0.3 is 34.8 Å². The van der Waals surface area contributed by atoms with E-state index in [1.807, 2.05) is 17.7 Å². The monoisotopic (exact) mass is 416 g/mol. The minimum Gasteiger partial charge on any atom is -0.396 e. The summed E-state index contributed by atoms with van der Waals surface area (Å²) >= 11 is 0. The summed E-state index contributed by atoms with van der Waals surface area (Å²) in [7, 11) is 0. The molecular formula is C19H28N8O3. The van der Waals surface area contributed by atoms with E-state index < -0.39 is 0 Å². The maximum atomic E-state index is 8.39. The Balaban J connectivity index is 0.000000200. The van der Waals surface area contributed by atoms with E-state index in [-0.39, 0.29) is 19.8 Å². The Kier molecular flexibility index (Phi) is 12.6. The summed E-state index contributed by atoms with van der Waals surface area (Å²) in [6.07, 6.45) is 15.7. The van der Waals surface area contributed by atoms with Gasteiger partial charge in [0.15, 0.2) is 0 Å². The second-order valence-corrected chi connectivity index (χ2v) is 5.54. The number of aliphatic hydroxyl groups is 3. The molecule has 0 atom stereocenters. The summed E-state index contributed by atoms with van der Waals surface area (Å²) in [6, 6.07) is 0. The summed E-state index contributed by atoms with van der Waals surface area (Å²) in [5.41, 5.74) is 1.73. The summed E-state index contributed by atoms with van der Waals surface area (Å²) in [5, 5.41) is 25.1. The number of imidazole rings is 4. The van der Waals surface area contributed by atoms with Crippen LogP contribution in [0.4, 0.5) is 0 Å². The number of aromatic amines is 3. The van der Waals surface area contributed by atoms with E-state index in [1.165, 1.54) is 6.33 Å². The quantitative estimate of drug-likeness (QED) is 0.283. The lowest BCUT2D eigenvalue weighted by Gasteiger charge is -1.90. The van der Waals surface area contributed by atoms with Crippen molar-refractivity contribution in [2.75, 3.05) is 6.61 Å². The van der Waals surface area contributed by atoms with E-state index in [2.05, 4.69) is 41.5 Å². The highest BCUT2D eigenvalue weighted by Gasteiger charge is 1.88. The van der Waals surface area contributed by atoms with Crippen LogP contribution in [0, 0.1) is 6.92 Å². The molecule has 11 heteroatoms. The smallest absolute Gasteiger partial charge is 0.131 e. The number of aryl methyl sites for hydroxylation is 1. The van der Waals surface area contributed by atoms with Gasteiger partial charge >= 0.3 is 0 Å². The van der Waals surface area contributed by atoms with Gasteiger partial charge in [0.25, 0.3) is 0 Å². The van der Waals surface area contributed by atoms with Crippen LogP contribution in [0.2, 0.25) is 0 Å². The highest BCUT2D eigenvalue weighted by Crippen LogP contribution is 1.92. The maximum Gasteiger partial charge on any atom is 0.131 e. The maximum absolute atomic E-state index is 8.39. The zero-order chi connectivity index (χ0) is 22.0. The Morgan fingerprint density at radius 3 is 1.97 bits per heavy atom. The van der Waals surface area contributed by atoms with Crippen molar-refractivity contribution in [2.45, 2.75) is 26.6 Å². The summed E-state index contributed by atoms with van der Waals surface area (Å²) < 4.78 is 1.86. The summed E-state index contributed by atoms with van der Waals surface area (Å²) in [5.74, 6) is 1.58. The van der Waals surface area contributed by atoms with Crippen molar-refractivity contribution in [1.82, 2.24) is 39.5 Å². The van der Waals surface area contributed by atoms with Gasteiger partial charge in [-0.1, -0.05) is 6.58 Å². The fraction of sp³-hybridized carbons (Fsp3) is 0.263. The number of rotatable bonds is 5. The third kappa shape index (κ3) is 10.1. The lowest BCUT2D eigenvalue weighted by molar-refractivity contribution is 0.272. The van der Waals surface area contributed by atoms with E-state index in [0.29, 0.717) is 12.2 Å². The van der Waals surface area contributed by atoms with Crippen LogP contribution >= 0.6 is 0 Å². The third-order valence-electron chi connectivity index (χ3n) is 3.42. The third-order valence-corrected chi connectivity index (χ3v) is 3.42. The van der Waals surface area contributed by atoms with Crippen molar-refractivity contribution >= 4 is 6.20 Å².